The average molecular weight is 284 g/mol. The van der Waals surface area contributed by atoms with Gasteiger partial charge in [0.1, 0.15) is 5.75 Å². The first-order valence-corrected chi connectivity index (χ1v) is 6.51. The van der Waals surface area contributed by atoms with Crippen LogP contribution in [-0.4, -0.2) is 20.2 Å². The highest BCUT2D eigenvalue weighted by molar-refractivity contribution is 9.10. The van der Waals surface area contributed by atoms with E-state index in [2.05, 4.69) is 34.2 Å². The maximum absolute atomic E-state index is 5.42. The maximum atomic E-state index is 5.42. The molecule has 3 heteroatoms. The zero-order valence-corrected chi connectivity index (χ0v) is 11.4. The van der Waals surface area contributed by atoms with Crippen molar-refractivity contribution in [3.8, 4) is 5.75 Å². The molecule has 0 atom stereocenters. The SMILES string of the molecule is CCC1(Cc2cc(Br)ccc2OC)CNC1. The molecule has 0 radical (unpaired) electrons. The van der Waals surface area contributed by atoms with E-state index in [0.717, 1.165) is 29.7 Å². The topological polar surface area (TPSA) is 21.3 Å². The largest absolute Gasteiger partial charge is 0.496 e. The van der Waals surface area contributed by atoms with Gasteiger partial charge in [-0.2, -0.15) is 0 Å². The molecule has 1 aliphatic heterocycles. The van der Waals surface area contributed by atoms with Crippen LogP contribution >= 0.6 is 15.9 Å². The van der Waals surface area contributed by atoms with Crippen LogP contribution in [0.3, 0.4) is 0 Å². The summed E-state index contributed by atoms with van der Waals surface area (Å²) in [5.74, 6) is 1.00. The molecule has 2 nitrogen and oxygen atoms in total. The average Bonchev–Trinajstić information content (AvgIpc) is 2.24. The molecule has 1 fully saturated rings. The number of benzene rings is 1. The molecular weight excluding hydrogens is 266 g/mol. The van der Waals surface area contributed by atoms with Crippen molar-refractivity contribution < 1.29 is 4.74 Å². The van der Waals surface area contributed by atoms with Crippen LogP contribution in [-0.2, 0) is 6.42 Å². The van der Waals surface area contributed by atoms with E-state index in [9.17, 15) is 0 Å². The van der Waals surface area contributed by atoms with Gasteiger partial charge in [-0.05, 0) is 42.0 Å². The summed E-state index contributed by atoms with van der Waals surface area (Å²) in [5, 5.41) is 3.37. The van der Waals surface area contributed by atoms with Crippen molar-refractivity contribution in [3.63, 3.8) is 0 Å². The molecule has 1 N–H and O–H groups in total. The van der Waals surface area contributed by atoms with Crippen molar-refractivity contribution in [1.82, 2.24) is 5.32 Å². The Morgan fingerprint density at radius 2 is 2.19 bits per heavy atom. The summed E-state index contributed by atoms with van der Waals surface area (Å²) < 4.78 is 6.54. The van der Waals surface area contributed by atoms with Gasteiger partial charge in [0, 0.05) is 17.6 Å². The highest BCUT2D eigenvalue weighted by atomic mass is 79.9. The molecule has 16 heavy (non-hydrogen) atoms. The van der Waals surface area contributed by atoms with E-state index < -0.39 is 0 Å². The molecule has 0 unspecified atom stereocenters. The first kappa shape index (κ1) is 11.9. The van der Waals surface area contributed by atoms with Gasteiger partial charge < -0.3 is 10.1 Å². The first-order chi connectivity index (χ1) is 7.69. The number of nitrogens with one attached hydrogen (secondary N) is 1. The molecule has 1 saturated heterocycles. The van der Waals surface area contributed by atoms with Crippen LogP contribution < -0.4 is 10.1 Å². The second-order valence-electron chi connectivity index (χ2n) is 4.59. The monoisotopic (exact) mass is 283 g/mol. The molecule has 0 aromatic heterocycles. The van der Waals surface area contributed by atoms with Crippen LogP contribution in [0.25, 0.3) is 0 Å². The molecule has 0 spiro atoms. The fourth-order valence-corrected chi connectivity index (χ4v) is 2.68. The van der Waals surface area contributed by atoms with Gasteiger partial charge in [0.2, 0.25) is 0 Å². The summed E-state index contributed by atoms with van der Waals surface area (Å²) in [6, 6.07) is 6.24. The van der Waals surface area contributed by atoms with E-state index in [-0.39, 0.29) is 0 Å². The lowest BCUT2D eigenvalue weighted by Gasteiger charge is -2.42. The predicted octanol–water partition coefficient (Wildman–Crippen LogP) is 3.00. The highest BCUT2D eigenvalue weighted by Crippen LogP contribution is 2.35. The van der Waals surface area contributed by atoms with Crippen LogP contribution in [0, 0.1) is 5.41 Å². The number of halogens is 1. The van der Waals surface area contributed by atoms with Crippen LogP contribution in [0.2, 0.25) is 0 Å². The van der Waals surface area contributed by atoms with Gasteiger partial charge in [0.25, 0.3) is 0 Å². The third-order valence-corrected chi connectivity index (χ3v) is 4.05. The zero-order valence-electron chi connectivity index (χ0n) is 9.85. The lowest BCUT2D eigenvalue weighted by atomic mass is 9.74. The number of ether oxygens (including phenoxy) is 1. The molecule has 1 aromatic rings. The van der Waals surface area contributed by atoms with Gasteiger partial charge in [-0.3, -0.25) is 0 Å². The third kappa shape index (κ3) is 2.25. The summed E-state index contributed by atoms with van der Waals surface area (Å²) in [5.41, 5.74) is 1.74. The van der Waals surface area contributed by atoms with Crippen molar-refractivity contribution in [2.24, 2.45) is 5.41 Å². The van der Waals surface area contributed by atoms with E-state index >= 15 is 0 Å². The van der Waals surface area contributed by atoms with E-state index in [1.807, 2.05) is 12.1 Å². The lowest BCUT2D eigenvalue weighted by molar-refractivity contribution is 0.159. The van der Waals surface area contributed by atoms with Crippen molar-refractivity contribution in [2.45, 2.75) is 19.8 Å². The Hall–Kier alpha value is -0.540. The van der Waals surface area contributed by atoms with Crippen molar-refractivity contribution in [1.29, 1.82) is 0 Å². The Morgan fingerprint density at radius 1 is 1.44 bits per heavy atom. The van der Waals surface area contributed by atoms with Crippen molar-refractivity contribution >= 4 is 15.9 Å². The smallest absolute Gasteiger partial charge is 0.122 e. The van der Waals surface area contributed by atoms with Gasteiger partial charge >= 0.3 is 0 Å². The Bertz CT molecular complexity index is 369. The second kappa shape index (κ2) is 4.76. The fourth-order valence-electron chi connectivity index (χ4n) is 2.27. The maximum Gasteiger partial charge on any atom is 0.122 e. The second-order valence-corrected chi connectivity index (χ2v) is 5.51. The molecule has 0 amide bonds. The zero-order chi connectivity index (χ0) is 11.6. The van der Waals surface area contributed by atoms with E-state index in [4.69, 9.17) is 4.74 Å². The quantitative estimate of drug-likeness (QED) is 0.917. The minimum Gasteiger partial charge on any atom is -0.496 e. The van der Waals surface area contributed by atoms with Gasteiger partial charge in [-0.15, -0.1) is 0 Å². The van der Waals surface area contributed by atoms with Crippen LogP contribution in [0.4, 0.5) is 0 Å². The minimum atomic E-state index is 0.439. The Kier molecular flexibility index (Phi) is 3.55. The summed E-state index contributed by atoms with van der Waals surface area (Å²) >= 11 is 3.52. The van der Waals surface area contributed by atoms with Gasteiger partial charge in [0.05, 0.1) is 7.11 Å². The molecule has 2 rings (SSSR count). The molecule has 1 aliphatic rings. The predicted molar refractivity (Wildman–Crippen MR) is 70.0 cm³/mol. The van der Waals surface area contributed by atoms with E-state index in [0.29, 0.717) is 5.41 Å². The Morgan fingerprint density at radius 3 is 2.69 bits per heavy atom. The molecular formula is C13H18BrNO. The number of hydrogen-bond donors (Lipinski definition) is 1. The lowest BCUT2D eigenvalue weighted by Crippen LogP contribution is -2.54. The number of rotatable bonds is 4. The normalized spacial score (nSPS) is 17.9. The molecule has 88 valence electrons. The van der Waals surface area contributed by atoms with Crippen LogP contribution in [0.1, 0.15) is 18.9 Å². The number of methoxy groups -OCH3 is 1. The molecule has 1 aromatic carbocycles. The fraction of sp³-hybridized carbons (Fsp3) is 0.538. The van der Waals surface area contributed by atoms with Gasteiger partial charge in [0.15, 0.2) is 0 Å². The van der Waals surface area contributed by atoms with Gasteiger partial charge in [-0.1, -0.05) is 22.9 Å². The Balaban J connectivity index is 2.22. The van der Waals surface area contributed by atoms with Gasteiger partial charge in [-0.25, -0.2) is 0 Å². The summed E-state index contributed by atoms with van der Waals surface area (Å²) in [4.78, 5) is 0. The molecule has 0 saturated carbocycles. The molecule has 0 bridgehead atoms. The Labute approximate surface area is 106 Å². The minimum absolute atomic E-state index is 0.439. The van der Waals surface area contributed by atoms with E-state index in [1.165, 1.54) is 12.0 Å². The third-order valence-electron chi connectivity index (χ3n) is 3.56. The molecule has 1 heterocycles. The summed E-state index contributed by atoms with van der Waals surface area (Å²) in [7, 11) is 1.74. The van der Waals surface area contributed by atoms with Crippen LogP contribution in [0.5, 0.6) is 5.75 Å². The summed E-state index contributed by atoms with van der Waals surface area (Å²) in [6.45, 7) is 4.52. The van der Waals surface area contributed by atoms with Crippen molar-refractivity contribution in [2.75, 3.05) is 20.2 Å². The standard InChI is InChI=1S/C13H18BrNO/c1-3-13(8-15-9-13)7-10-6-11(14)4-5-12(10)16-2/h4-6,15H,3,7-9H2,1-2H3. The summed E-state index contributed by atoms with van der Waals surface area (Å²) in [6.07, 6.45) is 2.31. The number of hydrogen-bond acceptors (Lipinski definition) is 2. The van der Waals surface area contributed by atoms with Crippen molar-refractivity contribution in [3.05, 3.63) is 28.2 Å². The van der Waals surface area contributed by atoms with Crippen LogP contribution in [0.15, 0.2) is 22.7 Å². The molecule has 0 aliphatic carbocycles. The van der Waals surface area contributed by atoms with E-state index in [1.54, 1.807) is 7.11 Å². The first-order valence-electron chi connectivity index (χ1n) is 5.72. The highest BCUT2D eigenvalue weighted by Gasteiger charge is 2.35.